The maximum Gasteiger partial charge on any atom is 0.187 e. The summed E-state index contributed by atoms with van der Waals surface area (Å²) in [6, 6.07) is 53.4. The van der Waals surface area contributed by atoms with Crippen molar-refractivity contribution in [1.82, 2.24) is 0 Å². The minimum Gasteiger partial charge on any atom is -0.394 e. The molecule has 0 radical (unpaired) electrons. The van der Waals surface area contributed by atoms with E-state index in [9.17, 15) is 112 Å². The zero-order valence-corrected chi connectivity index (χ0v) is 67.3. The van der Waals surface area contributed by atoms with Crippen LogP contribution in [-0.2, 0) is 96.5 Å². The Morgan fingerprint density at radius 2 is 0.302 bits per heavy atom. The van der Waals surface area contributed by atoms with Gasteiger partial charge in [-0.3, -0.25) is 0 Å². The fourth-order valence-electron chi connectivity index (χ4n) is 17.8. The van der Waals surface area contributed by atoms with Gasteiger partial charge in [-0.25, -0.2) is 0 Å². The molecule has 0 saturated carbocycles. The summed E-state index contributed by atoms with van der Waals surface area (Å²) in [6.07, 6.45) is -84.1. The van der Waals surface area contributed by atoms with Gasteiger partial charge in [0.1, 0.15) is 207 Å². The summed E-state index contributed by atoms with van der Waals surface area (Å²) in [6.45, 7) is -8.02. The Morgan fingerprint density at radius 3 is 0.437 bits per heavy atom. The summed E-state index contributed by atoms with van der Waals surface area (Å²) in [7, 11) is 0. The summed E-state index contributed by atoms with van der Waals surface area (Å²) < 4.78 is 113. The van der Waals surface area contributed by atoms with E-state index in [2.05, 4.69) is 0 Å². The molecule has 6 aromatic carbocycles. The Kier molecular flexibility index (Phi) is 30.9. The molecule has 0 aliphatic carbocycles. The molecule has 126 heavy (non-hydrogen) atoms. The van der Waals surface area contributed by atoms with E-state index in [0.29, 0.717) is 33.4 Å². The molecule has 36 rings (SSSR count). The summed E-state index contributed by atoms with van der Waals surface area (Å²) in [5.74, 6) is 0. The largest absolute Gasteiger partial charge is 0.394 e. The molecule has 0 amide bonds. The molecule has 30 heterocycles. The van der Waals surface area contributed by atoms with E-state index in [0.717, 1.165) is 0 Å². The van der Waals surface area contributed by atoms with Crippen LogP contribution in [0.25, 0.3) is 0 Å². The first-order valence-electron chi connectivity index (χ1n) is 41.5. The van der Waals surface area contributed by atoms with Crippen molar-refractivity contribution in [3.05, 3.63) is 215 Å². The first kappa shape index (κ1) is 94.4. The van der Waals surface area contributed by atoms with Crippen LogP contribution in [0.2, 0.25) is 0 Å². The number of hydrogen-bond acceptors (Lipinski definition) is 40. The van der Waals surface area contributed by atoms with Gasteiger partial charge in [-0.05, 0) is 33.4 Å². The summed E-state index contributed by atoms with van der Waals surface area (Å²) >= 11 is 0. The van der Waals surface area contributed by atoms with Crippen molar-refractivity contribution in [3.8, 4) is 0 Å². The van der Waals surface area contributed by atoms with Crippen LogP contribution in [0.4, 0.5) is 0 Å². The van der Waals surface area contributed by atoms with Crippen LogP contribution in [-0.4, -0.2) is 411 Å². The van der Waals surface area contributed by atoms with Gasteiger partial charge in [0.05, 0.1) is 52.9 Å². The van der Waals surface area contributed by atoms with E-state index in [1.807, 2.05) is 0 Å². The molecular formula is C86H108O40. The van der Waals surface area contributed by atoms with Gasteiger partial charge >= 0.3 is 0 Å². The van der Waals surface area contributed by atoms with Crippen LogP contribution in [0.15, 0.2) is 182 Å². The van der Waals surface area contributed by atoms with Crippen LogP contribution < -0.4 is 0 Å². The predicted octanol–water partition coefficient (Wildman–Crippen LogP) is -7.37. The molecule has 16 bridgehead atoms. The predicted molar refractivity (Wildman–Crippen MR) is 417 cm³/mol. The van der Waals surface area contributed by atoms with E-state index in [4.69, 9.17) is 85.3 Å². The fraction of sp³-hybridized carbons (Fsp3) is 0.581. The van der Waals surface area contributed by atoms with Crippen LogP contribution in [0.5, 0.6) is 0 Å². The number of rotatable bonds is 18. The second-order valence-electron chi connectivity index (χ2n) is 32.3. The highest BCUT2D eigenvalue weighted by atomic mass is 16.8. The first-order valence-corrected chi connectivity index (χ1v) is 41.5. The Balaban J connectivity index is 0.794. The molecule has 30 aliphatic heterocycles. The second-order valence-corrected chi connectivity index (χ2v) is 32.3. The zero-order chi connectivity index (χ0) is 89.2. The number of aliphatic hydroxyl groups is 22. The molecule has 40 heteroatoms. The van der Waals surface area contributed by atoms with Gasteiger partial charge in [-0.2, -0.15) is 0 Å². The van der Waals surface area contributed by atoms with E-state index in [-0.39, 0.29) is 0 Å². The molecule has 0 aromatic heterocycles. The van der Waals surface area contributed by atoms with Gasteiger partial charge in [0, 0.05) is 0 Å². The Hall–Kier alpha value is -6.28. The zero-order valence-electron chi connectivity index (χ0n) is 67.3. The van der Waals surface area contributed by atoms with Gasteiger partial charge in [0.15, 0.2) is 50.3 Å². The standard InChI is InChI=1S/C86H108O40/c87-31-45-69-54(94)62(102)78(112-45)121-71-47(33-89)114-80(64(104)56(71)96)123-73-49(35-91)116-82(66(106)58(73)98)125-75-51(37-109-85(39-19-7-1-8-20-39,40-21-9-2-10-22-40)41-23-11-3-12-24-41)118-84(68(108)60(75)100)126-76-52(38-110-86(42-25-13-4-14-26-42,43-27-15-5-16-28-43)44-29-17-6-18-30-44)117-83(67(107)59(76)99)124-74-50(36-92)115-81(65(105)57(74)97)122-72-48(34-90)113-79(63(103)55(72)95)120-70-46(32-88)111-77(119-69)61(101)53(70)93/h1-30,45-84,87-108H,31-38H2/t45-,46-,47-,48-,49-,50-,51-,52-,53-,54+,55-,56+,57-,58+,59-,60-,61-,62+,63-,64-,65-,66+,67-,68-,69-,70-,71-,72-,73-,74-,75-,76-,77-,78-,79-,80-,81-,82-,83-,84-/m1/s1. The van der Waals surface area contributed by atoms with Crippen molar-refractivity contribution < 1.29 is 198 Å². The van der Waals surface area contributed by atoms with Gasteiger partial charge in [-0.1, -0.05) is 182 Å². The number of hydrogen-bond donors (Lipinski definition) is 22. The molecule has 40 nitrogen and oxygen atoms in total. The average Bonchev–Trinajstić information content (AvgIpc) is 0.744. The Morgan fingerprint density at radius 1 is 0.175 bits per heavy atom. The minimum atomic E-state index is -2.35. The highest BCUT2D eigenvalue weighted by Crippen LogP contribution is 2.47. The molecule has 30 saturated heterocycles. The van der Waals surface area contributed by atoms with E-state index >= 15 is 0 Å². The molecular weight excluding hydrogens is 1670 g/mol. The minimum absolute atomic E-state index is 0.540. The normalized spacial score (nSPS) is 42.3. The van der Waals surface area contributed by atoms with Crippen molar-refractivity contribution in [2.75, 3.05) is 52.9 Å². The van der Waals surface area contributed by atoms with Gasteiger partial charge in [0.2, 0.25) is 0 Å². The number of aliphatic hydroxyl groups excluding tert-OH is 22. The Labute approximate surface area is 719 Å². The van der Waals surface area contributed by atoms with Gasteiger partial charge in [0.25, 0.3) is 0 Å². The van der Waals surface area contributed by atoms with Gasteiger partial charge < -0.3 is 198 Å². The topological polar surface area (TPSA) is 611 Å². The quantitative estimate of drug-likeness (QED) is 0.0356. The monoisotopic (exact) mass is 1780 g/mol. The van der Waals surface area contributed by atoms with Crippen molar-refractivity contribution in [1.29, 1.82) is 0 Å². The second kappa shape index (κ2) is 41.2. The van der Waals surface area contributed by atoms with E-state index in [1.165, 1.54) is 0 Å². The lowest BCUT2D eigenvalue weighted by molar-refractivity contribution is -0.404. The molecule has 0 unspecified atom stereocenters. The molecule has 692 valence electrons. The first-order chi connectivity index (χ1) is 60.8. The lowest BCUT2D eigenvalue weighted by Gasteiger charge is -2.51. The summed E-state index contributed by atoms with van der Waals surface area (Å²) in [4.78, 5) is 0. The number of ether oxygens (including phenoxy) is 18. The Bertz CT molecular complexity index is 3970. The van der Waals surface area contributed by atoms with Crippen LogP contribution in [0, 0.1) is 0 Å². The highest BCUT2D eigenvalue weighted by molar-refractivity contribution is 5.49. The molecule has 30 aliphatic rings. The maximum absolute atomic E-state index is 13.0. The molecule has 22 N–H and O–H groups in total. The van der Waals surface area contributed by atoms with Crippen molar-refractivity contribution >= 4 is 0 Å². The molecule has 0 spiro atoms. The van der Waals surface area contributed by atoms with Crippen LogP contribution in [0.3, 0.4) is 0 Å². The number of benzene rings is 6. The van der Waals surface area contributed by atoms with Crippen LogP contribution in [0.1, 0.15) is 33.4 Å². The maximum atomic E-state index is 13.0. The third kappa shape index (κ3) is 18.6. The van der Waals surface area contributed by atoms with Gasteiger partial charge in [-0.15, -0.1) is 0 Å². The highest BCUT2D eigenvalue weighted by Gasteiger charge is 2.62. The molecule has 40 atom stereocenters. The van der Waals surface area contributed by atoms with E-state index < -0.39 is 310 Å². The fourth-order valence-corrected chi connectivity index (χ4v) is 17.8. The smallest absolute Gasteiger partial charge is 0.187 e. The molecule has 6 aromatic rings. The van der Waals surface area contributed by atoms with Crippen molar-refractivity contribution in [2.24, 2.45) is 0 Å². The van der Waals surface area contributed by atoms with E-state index in [1.54, 1.807) is 182 Å². The SMILES string of the molecule is OC[C@H]1O[C@@H]2O[C@H]3[C@H](O)[C@@H](O)[C@@H](O[C@H]4[C@H](O)[C@@H](O)[C@@H](O[C@H]5[C@@H](O)[C@H](O)[C@@H](O[C@H]6[C@@H](O)[C@@H](O)[C@@H](O[C@H]7[C@@H](O)[C@H](O)[C@@H](O[C@H]8[C@H](O)[C@@H](O)[C@@H](O[C@H]9[C@H](O)[C@@H](O)[C@@H](O[C@H]1[C@H](O)[C@H]2O)O[C@@H]9COC(c1ccccc1)(c1ccccc1)c1ccccc1)O[C@@H]8COC(c1ccccc1)(c1ccccc1)c1ccccc1)O[C@@H]7CO)O[C@@H]6CO)O[C@@H]5CO)O[C@@H]4CO)O[C@@H]3CO. The summed E-state index contributed by atoms with van der Waals surface area (Å²) in [5, 5.41) is 259. The lowest BCUT2D eigenvalue weighted by Crippen LogP contribution is -2.69. The van der Waals surface area contributed by atoms with Crippen molar-refractivity contribution in [3.63, 3.8) is 0 Å². The van der Waals surface area contributed by atoms with Crippen molar-refractivity contribution in [2.45, 2.75) is 257 Å². The average molecular weight is 1780 g/mol. The van der Waals surface area contributed by atoms with Crippen LogP contribution >= 0.6 is 0 Å². The third-order valence-corrected chi connectivity index (χ3v) is 24.5. The summed E-state index contributed by atoms with van der Waals surface area (Å²) in [5.41, 5.74) is 0.00471. The third-order valence-electron chi connectivity index (χ3n) is 24.5. The molecule has 30 fully saturated rings. The lowest BCUT2D eigenvalue weighted by atomic mass is 9.80.